The first-order valence-corrected chi connectivity index (χ1v) is 14.3. The third-order valence-corrected chi connectivity index (χ3v) is 8.66. The Balaban J connectivity index is 1.13. The maximum Gasteiger partial charge on any atom is 0.247 e. The van der Waals surface area contributed by atoms with Gasteiger partial charge in [-0.3, -0.25) is 4.79 Å². The molecule has 1 unspecified atom stereocenters. The average Bonchev–Trinajstić information content (AvgIpc) is 3.44. The molecule has 2 aliphatic rings. The van der Waals surface area contributed by atoms with E-state index in [1.165, 1.54) is 0 Å². The van der Waals surface area contributed by atoms with E-state index in [1.54, 1.807) is 23.8 Å². The molecular formula is C31H36N2O6S. The number of carbonyl (C=O) groups excluding carboxylic acids is 1. The van der Waals surface area contributed by atoms with Gasteiger partial charge in [-0.2, -0.15) is 4.89 Å². The molecular weight excluding hydrogens is 528 g/mol. The Hall–Kier alpha value is -3.40. The summed E-state index contributed by atoms with van der Waals surface area (Å²) in [6, 6.07) is 19.5. The minimum atomic E-state index is -0.842. The van der Waals surface area contributed by atoms with E-state index in [1.807, 2.05) is 68.6 Å². The van der Waals surface area contributed by atoms with Crippen molar-refractivity contribution in [2.24, 2.45) is 0 Å². The second-order valence-electron chi connectivity index (χ2n) is 10.2. The van der Waals surface area contributed by atoms with Crippen molar-refractivity contribution in [1.29, 1.82) is 0 Å². The van der Waals surface area contributed by atoms with Gasteiger partial charge in [-0.05, 0) is 75.8 Å². The number of rotatable bonds is 12. The molecule has 0 radical (unpaired) electrons. The number of hydrogen-bond acceptors (Lipinski definition) is 8. The van der Waals surface area contributed by atoms with E-state index in [0.717, 1.165) is 59.1 Å². The van der Waals surface area contributed by atoms with E-state index < -0.39 is 4.75 Å². The van der Waals surface area contributed by atoms with Crippen LogP contribution in [-0.2, 0) is 21.0 Å². The normalized spacial score (nSPS) is 17.8. The van der Waals surface area contributed by atoms with E-state index in [0.29, 0.717) is 31.3 Å². The highest BCUT2D eigenvalue weighted by molar-refractivity contribution is 8.01. The minimum absolute atomic E-state index is 0.0129. The lowest BCUT2D eigenvalue weighted by Gasteiger charge is -2.39. The van der Waals surface area contributed by atoms with Crippen LogP contribution in [0.4, 0.5) is 5.69 Å². The summed E-state index contributed by atoms with van der Waals surface area (Å²) in [6.07, 6.45) is 1.87. The molecule has 3 aromatic carbocycles. The van der Waals surface area contributed by atoms with Gasteiger partial charge in [0, 0.05) is 35.7 Å². The van der Waals surface area contributed by atoms with E-state index in [-0.39, 0.29) is 5.91 Å². The number of nitrogens with zero attached hydrogens (tertiary/aromatic N) is 2. The van der Waals surface area contributed by atoms with Crippen molar-refractivity contribution in [3.8, 4) is 23.0 Å². The summed E-state index contributed by atoms with van der Waals surface area (Å²) in [5, 5.41) is 0. The highest BCUT2D eigenvalue weighted by Gasteiger charge is 2.45. The number of fused-ring (bicyclic) bond motifs is 2. The molecule has 0 N–H and O–H groups in total. The summed E-state index contributed by atoms with van der Waals surface area (Å²) >= 11 is 1.56. The van der Waals surface area contributed by atoms with E-state index >= 15 is 0 Å². The summed E-state index contributed by atoms with van der Waals surface area (Å²) < 4.78 is 16.8. The quantitative estimate of drug-likeness (QED) is 0.206. The van der Waals surface area contributed by atoms with Crippen LogP contribution in [0.25, 0.3) is 0 Å². The van der Waals surface area contributed by atoms with Crippen LogP contribution in [0.5, 0.6) is 23.0 Å². The Bertz CT molecular complexity index is 1350. The predicted octanol–water partition coefficient (Wildman–Crippen LogP) is 5.67. The van der Waals surface area contributed by atoms with Crippen LogP contribution in [-0.4, -0.2) is 58.3 Å². The van der Waals surface area contributed by atoms with Crippen molar-refractivity contribution in [2.45, 2.75) is 36.0 Å². The lowest BCUT2D eigenvalue weighted by Crippen LogP contribution is -2.44. The highest BCUT2D eigenvalue weighted by atomic mass is 32.2. The zero-order valence-corrected chi connectivity index (χ0v) is 24.3. The summed E-state index contributed by atoms with van der Waals surface area (Å²) in [4.78, 5) is 28.8. The van der Waals surface area contributed by atoms with Gasteiger partial charge in [-0.15, -0.1) is 11.8 Å². The number of thioether (sulfide) groups is 1. The summed E-state index contributed by atoms with van der Waals surface area (Å²) in [5.74, 6) is 2.92. The molecule has 9 heteroatoms. The van der Waals surface area contributed by atoms with Gasteiger partial charge in [-0.25, -0.2) is 0 Å². The van der Waals surface area contributed by atoms with E-state index in [2.05, 4.69) is 18.0 Å². The molecule has 0 aliphatic carbocycles. The van der Waals surface area contributed by atoms with Crippen molar-refractivity contribution in [2.75, 3.05) is 52.4 Å². The van der Waals surface area contributed by atoms with Gasteiger partial charge in [0.15, 0.2) is 5.75 Å². The van der Waals surface area contributed by atoms with Crippen LogP contribution >= 0.6 is 11.8 Å². The standard InChI is InChI=1S/C31H36N2O6S/c1-31(30(34)33(3)26-9-5-6-10-29(26)40-31)25-19-23(35-4)13-14-27(25)37-17-8-7-15-32(2)16-18-36-24-12-11-22-21-38-39-28(22)20-24/h5-6,9-14,19-20H,7-8,15-18,21H2,1-4H3. The van der Waals surface area contributed by atoms with Gasteiger partial charge >= 0.3 is 0 Å². The molecule has 0 fully saturated rings. The fraction of sp³-hybridized carbons (Fsp3) is 0.387. The molecule has 8 nitrogen and oxygen atoms in total. The Morgan fingerprint density at radius 3 is 2.67 bits per heavy atom. The first-order valence-electron chi connectivity index (χ1n) is 13.5. The second kappa shape index (κ2) is 12.4. The monoisotopic (exact) mass is 564 g/mol. The van der Waals surface area contributed by atoms with Crippen molar-refractivity contribution >= 4 is 23.4 Å². The highest BCUT2D eigenvalue weighted by Crippen LogP contribution is 2.52. The van der Waals surface area contributed by atoms with Crippen molar-refractivity contribution in [3.63, 3.8) is 0 Å². The number of hydrogen-bond donors (Lipinski definition) is 0. The summed E-state index contributed by atoms with van der Waals surface area (Å²) in [6.45, 7) is 5.33. The van der Waals surface area contributed by atoms with Crippen LogP contribution in [0.2, 0.25) is 0 Å². The fourth-order valence-corrected chi connectivity index (χ4v) is 6.28. The molecule has 2 aliphatic heterocycles. The smallest absolute Gasteiger partial charge is 0.247 e. The lowest BCUT2D eigenvalue weighted by atomic mass is 9.96. The number of para-hydroxylation sites is 1. The third kappa shape index (κ3) is 6.01. The molecule has 3 aromatic rings. The Kier molecular flexibility index (Phi) is 8.73. The number of methoxy groups -OCH3 is 1. The molecule has 1 amide bonds. The molecule has 212 valence electrons. The van der Waals surface area contributed by atoms with Crippen molar-refractivity contribution < 1.29 is 28.8 Å². The molecule has 40 heavy (non-hydrogen) atoms. The third-order valence-electron chi connectivity index (χ3n) is 7.29. The molecule has 0 saturated carbocycles. The lowest BCUT2D eigenvalue weighted by molar-refractivity contribution is -0.194. The summed E-state index contributed by atoms with van der Waals surface area (Å²) in [7, 11) is 5.55. The van der Waals surface area contributed by atoms with Crippen molar-refractivity contribution in [1.82, 2.24) is 4.90 Å². The Labute approximate surface area is 240 Å². The average molecular weight is 565 g/mol. The van der Waals surface area contributed by atoms with E-state index in [4.69, 9.17) is 24.0 Å². The topological polar surface area (TPSA) is 69.7 Å². The zero-order chi connectivity index (χ0) is 28.1. The summed E-state index contributed by atoms with van der Waals surface area (Å²) in [5.41, 5.74) is 2.77. The molecule has 0 bridgehead atoms. The molecule has 1 atom stereocenters. The first-order chi connectivity index (χ1) is 19.4. The number of benzene rings is 3. The van der Waals surface area contributed by atoms with Crippen LogP contribution in [0.1, 0.15) is 30.9 Å². The number of likely N-dealkylation sites (N-methyl/N-ethyl adjacent to an activating group) is 2. The maximum absolute atomic E-state index is 13.6. The van der Waals surface area contributed by atoms with Gasteiger partial charge in [-0.1, -0.05) is 12.1 Å². The van der Waals surface area contributed by atoms with Crippen LogP contribution in [0, 0.1) is 0 Å². The van der Waals surface area contributed by atoms with Crippen LogP contribution in [0.3, 0.4) is 0 Å². The molecule has 0 spiro atoms. The largest absolute Gasteiger partial charge is 0.497 e. The predicted molar refractivity (Wildman–Crippen MR) is 156 cm³/mol. The number of ether oxygens (including phenoxy) is 3. The second-order valence-corrected chi connectivity index (χ2v) is 11.6. The molecule has 0 saturated heterocycles. The number of unbranched alkanes of at least 4 members (excludes halogenated alkanes) is 1. The molecule has 0 aromatic heterocycles. The van der Waals surface area contributed by atoms with Crippen molar-refractivity contribution in [3.05, 3.63) is 71.8 Å². The van der Waals surface area contributed by atoms with Crippen LogP contribution < -0.4 is 24.0 Å². The Morgan fingerprint density at radius 1 is 1.00 bits per heavy atom. The fourth-order valence-electron chi connectivity index (χ4n) is 4.89. The Morgan fingerprint density at radius 2 is 1.82 bits per heavy atom. The van der Waals surface area contributed by atoms with Gasteiger partial charge in [0.25, 0.3) is 0 Å². The number of amides is 1. The minimum Gasteiger partial charge on any atom is -0.497 e. The maximum atomic E-state index is 13.6. The first kappa shape index (κ1) is 28.1. The molecule has 5 rings (SSSR count). The van der Waals surface area contributed by atoms with E-state index in [9.17, 15) is 4.79 Å². The molecule has 2 heterocycles. The van der Waals surface area contributed by atoms with Gasteiger partial charge in [0.2, 0.25) is 5.91 Å². The van der Waals surface area contributed by atoms with Gasteiger partial charge < -0.3 is 28.9 Å². The number of anilines is 1. The van der Waals surface area contributed by atoms with Gasteiger partial charge in [0.05, 0.1) is 19.4 Å². The SMILES string of the molecule is COc1ccc(OCCCCN(C)CCOc2ccc3c(c2)OOC3)c(C2(C)Sc3ccccc3N(C)C2=O)c1. The van der Waals surface area contributed by atoms with Gasteiger partial charge in [0.1, 0.15) is 35.2 Å². The number of carbonyl (C=O) groups is 1. The zero-order valence-electron chi connectivity index (χ0n) is 23.5. The van der Waals surface area contributed by atoms with Crippen LogP contribution in [0.15, 0.2) is 65.6 Å².